The molecule has 1 saturated heterocycles. The summed E-state index contributed by atoms with van der Waals surface area (Å²) in [5, 5.41) is 38.0. The van der Waals surface area contributed by atoms with Gasteiger partial charge in [0.15, 0.2) is 0 Å². The number of aliphatic hydroxyl groups excluding tert-OH is 4. The van der Waals surface area contributed by atoms with Crippen molar-refractivity contribution in [3.05, 3.63) is 24.3 Å². The van der Waals surface area contributed by atoms with Gasteiger partial charge in [0, 0.05) is 5.69 Å². The molecule has 0 spiro atoms. The molecule has 0 saturated carbocycles. The van der Waals surface area contributed by atoms with Crippen molar-refractivity contribution in [1.29, 1.82) is 0 Å². The van der Waals surface area contributed by atoms with Crippen molar-refractivity contribution in [2.75, 3.05) is 12.3 Å². The van der Waals surface area contributed by atoms with E-state index >= 15 is 0 Å². The van der Waals surface area contributed by atoms with Crippen LogP contribution in [0.5, 0.6) is 5.75 Å². The lowest BCUT2D eigenvalue weighted by Crippen LogP contribution is -2.60. The van der Waals surface area contributed by atoms with E-state index in [0.717, 1.165) is 0 Å². The van der Waals surface area contributed by atoms with Crippen LogP contribution in [0.15, 0.2) is 24.3 Å². The first kappa shape index (κ1) is 14.0. The molecule has 1 fully saturated rings. The number of ether oxygens (including phenoxy) is 2. The van der Waals surface area contributed by atoms with E-state index < -0.39 is 37.3 Å². The average molecular weight is 271 g/mol. The summed E-state index contributed by atoms with van der Waals surface area (Å²) < 4.78 is 10.6. The summed E-state index contributed by atoms with van der Waals surface area (Å²) in [6.07, 6.45) is -6.44. The second kappa shape index (κ2) is 5.72. The molecule has 0 radical (unpaired) electrons. The molecule has 0 bridgehead atoms. The lowest BCUT2D eigenvalue weighted by atomic mass is 9.99. The monoisotopic (exact) mass is 271 g/mol. The zero-order valence-electron chi connectivity index (χ0n) is 10.1. The summed E-state index contributed by atoms with van der Waals surface area (Å²) in [4.78, 5) is 0. The predicted octanol–water partition coefficient (Wildman–Crippen LogP) is -1.55. The fraction of sp³-hybridized carbons (Fsp3) is 0.500. The molecular formula is C12H17NO6. The third kappa shape index (κ3) is 2.96. The Labute approximate surface area is 109 Å². The number of rotatable bonds is 3. The van der Waals surface area contributed by atoms with Gasteiger partial charge < -0.3 is 35.6 Å². The van der Waals surface area contributed by atoms with Crippen molar-refractivity contribution >= 4 is 5.69 Å². The molecule has 0 unspecified atom stereocenters. The Hall–Kier alpha value is -1.38. The zero-order chi connectivity index (χ0) is 14.0. The molecule has 1 aromatic carbocycles. The molecule has 1 aliphatic rings. The van der Waals surface area contributed by atoms with Gasteiger partial charge in [-0.15, -0.1) is 0 Å². The normalized spacial score (nSPS) is 35.1. The van der Waals surface area contributed by atoms with Gasteiger partial charge in [-0.05, 0) is 24.3 Å². The number of nitrogen functional groups attached to an aromatic ring is 1. The van der Waals surface area contributed by atoms with Crippen LogP contribution in [-0.2, 0) is 4.74 Å². The largest absolute Gasteiger partial charge is 0.462 e. The highest BCUT2D eigenvalue weighted by molar-refractivity contribution is 5.41. The van der Waals surface area contributed by atoms with E-state index in [1.165, 1.54) is 0 Å². The summed E-state index contributed by atoms with van der Waals surface area (Å²) in [5.41, 5.74) is 6.09. The Bertz CT molecular complexity index is 409. The van der Waals surface area contributed by atoms with Crippen LogP contribution in [0.4, 0.5) is 5.69 Å². The summed E-state index contributed by atoms with van der Waals surface area (Å²) in [5.74, 6) is 0.388. The number of benzene rings is 1. The lowest BCUT2D eigenvalue weighted by Gasteiger charge is -2.39. The quantitative estimate of drug-likeness (QED) is 0.421. The summed E-state index contributed by atoms with van der Waals surface area (Å²) in [6.45, 7) is -0.494. The molecule has 2 rings (SSSR count). The molecule has 1 aliphatic heterocycles. The van der Waals surface area contributed by atoms with Crippen molar-refractivity contribution in [2.45, 2.75) is 30.7 Å². The van der Waals surface area contributed by atoms with Crippen molar-refractivity contribution in [3.8, 4) is 5.75 Å². The van der Waals surface area contributed by atoms with Gasteiger partial charge in [-0.25, -0.2) is 0 Å². The molecule has 0 aromatic heterocycles. The summed E-state index contributed by atoms with van der Waals surface area (Å²) >= 11 is 0. The third-order valence-electron chi connectivity index (χ3n) is 2.98. The van der Waals surface area contributed by atoms with E-state index in [9.17, 15) is 15.3 Å². The van der Waals surface area contributed by atoms with Crippen LogP contribution < -0.4 is 10.5 Å². The maximum atomic E-state index is 9.77. The molecule has 5 atom stereocenters. The van der Waals surface area contributed by atoms with Crippen molar-refractivity contribution in [1.82, 2.24) is 0 Å². The van der Waals surface area contributed by atoms with Crippen LogP contribution in [0.2, 0.25) is 0 Å². The Morgan fingerprint density at radius 2 is 1.68 bits per heavy atom. The molecule has 106 valence electrons. The highest BCUT2D eigenvalue weighted by Gasteiger charge is 2.44. The number of aliphatic hydroxyl groups is 4. The molecule has 6 N–H and O–H groups in total. The fourth-order valence-corrected chi connectivity index (χ4v) is 1.85. The average Bonchev–Trinajstić information content (AvgIpc) is 2.42. The van der Waals surface area contributed by atoms with Crippen molar-refractivity contribution < 1.29 is 29.9 Å². The van der Waals surface area contributed by atoms with Crippen LogP contribution in [-0.4, -0.2) is 57.7 Å². The predicted molar refractivity (Wildman–Crippen MR) is 65.2 cm³/mol. The Morgan fingerprint density at radius 1 is 1.05 bits per heavy atom. The lowest BCUT2D eigenvalue weighted by molar-refractivity contribution is -0.277. The first-order chi connectivity index (χ1) is 9.02. The highest BCUT2D eigenvalue weighted by atomic mass is 16.7. The van der Waals surface area contributed by atoms with Crippen LogP contribution in [0.3, 0.4) is 0 Å². The molecular weight excluding hydrogens is 254 g/mol. The number of nitrogens with two attached hydrogens (primary N) is 1. The van der Waals surface area contributed by atoms with Gasteiger partial charge >= 0.3 is 0 Å². The van der Waals surface area contributed by atoms with Crippen LogP contribution >= 0.6 is 0 Å². The molecule has 7 heteroatoms. The van der Waals surface area contributed by atoms with E-state index in [0.29, 0.717) is 11.4 Å². The first-order valence-corrected chi connectivity index (χ1v) is 5.85. The number of anilines is 1. The zero-order valence-corrected chi connectivity index (χ0v) is 10.1. The summed E-state index contributed by atoms with van der Waals surface area (Å²) in [6, 6.07) is 6.38. The molecule has 19 heavy (non-hydrogen) atoms. The molecule has 1 heterocycles. The van der Waals surface area contributed by atoms with E-state index in [1.54, 1.807) is 24.3 Å². The minimum atomic E-state index is -1.45. The maximum Gasteiger partial charge on any atom is 0.229 e. The van der Waals surface area contributed by atoms with Crippen LogP contribution in [0, 0.1) is 0 Å². The molecule has 0 amide bonds. The number of hydrogen-bond acceptors (Lipinski definition) is 7. The SMILES string of the molecule is Nc1ccc(O[C@@H]2O[C@@H](CO)[C@@H](O)[C@@H](O)[C@H]2O)cc1. The van der Waals surface area contributed by atoms with Crippen molar-refractivity contribution in [2.24, 2.45) is 0 Å². The standard InChI is InChI=1S/C12H17NO6/c13-6-1-3-7(4-2-6)18-12-11(17)10(16)9(15)8(5-14)19-12/h1-4,8-12,14-17H,5,13H2/t8-,9+,10+,11+,12+/m0/s1. The van der Waals surface area contributed by atoms with Gasteiger partial charge in [-0.3, -0.25) is 0 Å². The van der Waals surface area contributed by atoms with Gasteiger partial charge in [-0.1, -0.05) is 0 Å². The van der Waals surface area contributed by atoms with Gasteiger partial charge in [0.2, 0.25) is 6.29 Å². The minimum absolute atomic E-state index is 0.388. The smallest absolute Gasteiger partial charge is 0.229 e. The third-order valence-corrected chi connectivity index (χ3v) is 2.98. The Balaban J connectivity index is 2.08. The topological polar surface area (TPSA) is 125 Å². The van der Waals surface area contributed by atoms with Crippen LogP contribution in [0.25, 0.3) is 0 Å². The van der Waals surface area contributed by atoms with Crippen molar-refractivity contribution in [3.63, 3.8) is 0 Å². The second-order valence-corrected chi connectivity index (χ2v) is 4.38. The van der Waals surface area contributed by atoms with Gasteiger partial charge in [-0.2, -0.15) is 0 Å². The summed E-state index contributed by atoms with van der Waals surface area (Å²) in [7, 11) is 0. The number of hydrogen-bond donors (Lipinski definition) is 5. The van der Waals surface area contributed by atoms with E-state index in [4.69, 9.17) is 20.3 Å². The highest BCUT2D eigenvalue weighted by Crippen LogP contribution is 2.24. The molecule has 7 nitrogen and oxygen atoms in total. The van der Waals surface area contributed by atoms with Gasteiger partial charge in [0.1, 0.15) is 30.2 Å². The van der Waals surface area contributed by atoms with Crippen LogP contribution in [0.1, 0.15) is 0 Å². The van der Waals surface area contributed by atoms with E-state index in [-0.39, 0.29) is 0 Å². The minimum Gasteiger partial charge on any atom is -0.462 e. The van der Waals surface area contributed by atoms with E-state index in [2.05, 4.69) is 0 Å². The van der Waals surface area contributed by atoms with Gasteiger partial charge in [0.05, 0.1) is 6.61 Å². The molecule has 1 aromatic rings. The maximum absolute atomic E-state index is 9.77. The second-order valence-electron chi connectivity index (χ2n) is 4.38. The molecule has 0 aliphatic carbocycles. The Morgan fingerprint density at radius 3 is 2.26 bits per heavy atom. The Kier molecular flexibility index (Phi) is 4.23. The first-order valence-electron chi connectivity index (χ1n) is 5.85. The van der Waals surface area contributed by atoms with E-state index in [1.807, 2.05) is 0 Å². The fourth-order valence-electron chi connectivity index (χ4n) is 1.85. The van der Waals surface area contributed by atoms with Gasteiger partial charge in [0.25, 0.3) is 0 Å².